The van der Waals surface area contributed by atoms with Gasteiger partial charge in [0.25, 0.3) is 0 Å². The van der Waals surface area contributed by atoms with Gasteiger partial charge in [-0.15, -0.1) is 0 Å². The SMILES string of the molecule is CCc1oc2ccccc2c1CN(C)c1c([N+](=O)[O-])c(C)nn1C. The molecule has 126 valence electrons. The van der Waals surface area contributed by atoms with E-state index in [0.717, 1.165) is 28.7 Å². The van der Waals surface area contributed by atoms with Gasteiger partial charge in [0, 0.05) is 38.0 Å². The third kappa shape index (κ3) is 2.51. The third-order valence-electron chi connectivity index (χ3n) is 4.20. The van der Waals surface area contributed by atoms with Crippen LogP contribution in [0.1, 0.15) is 23.9 Å². The van der Waals surface area contributed by atoms with Gasteiger partial charge < -0.3 is 9.32 Å². The van der Waals surface area contributed by atoms with Gasteiger partial charge in [0.2, 0.25) is 5.82 Å². The standard InChI is InChI=1S/C17H20N4O3/c1-5-14-13(12-8-6-7-9-15(12)24-14)10-19(3)17-16(21(22)23)11(2)18-20(17)4/h6-9H,5,10H2,1-4H3. The van der Waals surface area contributed by atoms with E-state index in [4.69, 9.17) is 4.42 Å². The number of benzene rings is 1. The molecule has 0 unspecified atom stereocenters. The normalized spacial score (nSPS) is 11.2. The largest absolute Gasteiger partial charge is 0.461 e. The predicted octanol–water partition coefficient (Wildman–Crippen LogP) is 3.58. The second-order valence-corrected chi connectivity index (χ2v) is 5.85. The summed E-state index contributed by atoms with van der Waals surface area (Å²) in [6.07, 6.45) is 0.768. The molecule has 24 heavy (non-hydrogen) atoms. The first-order valence-electron chi connectivity index (χ1n) is 7.82. The molecule has 0 aliphatic rings. The molecule has 0 radical (unpaired) electrons. The van der Waals surface area contributed by atoms with E-state index in [1.807, 2.05) is 43.1 Å². The molecule has 3 rings (SSSR count). The molecule has 0 atom stereocenters. The molecule has 0 N–H and O–H groups in total. The van der Waals surface area contributed by atoms with Crippen LogP contribution in [0, 0.1) is 17.0 Å². The molecule has 1 aromatic carbocycles. The summed E-state index contributed by atoms with van der Waals surface area (Å²) in [5, 5.41) is 16.6. The number of fused-ring (bicyclic) bond motifs is 1. The first kappa shape index (κ1) is 16.0. The number of nitrogens with zero attached hydrogens (tertiary/aromatic N) is 4. The van der Waals surface area contributed by atoms with Crippen molar-refractivity contribution in [2.75, 3.05) is 11.9 Å². The molecule has 7 heteroatoms. The van der Waals surface area contributed by atoms with E-state index >= 15 is 0 Å². The van der Waals surface area contributed by atoms with Crippen molar-refractivity contribution in [2.24, 2.45) is 7.05 Å². The second-order valence-electron chi connectivity index (χ2n) is 5.85. The highest BCUT2D eigenvalue weighted by atomic mass is 16.6. The van der Waals surface area contributed by atoms with Crippen LogP contribution in [0.3, 0.4) is 0 Å². The second kappa shape index (κ2) is 5.99. The fraction of sp³-hybridized carbons (Fsp3) is 0.353. The van der Waals surface area contributed by atoms with E-state index in [-0.39, 0.29) is 10.6 Å². The lowest BCUT2D eigenvalue weighted by Crippen LogP contribution is -2.21. The van der Waals surface area contributed by atoms with E-state index < -0.39 is 0 Å². The Kier molecular flexibility index (Phi) is 4.01. The van der Waals surface area contributed by atoms with Gasteiger partial charge in [0.05, 0.1) is 4.92 Å². The summed E-state index contributed by atoms with van der Waals surface area (Å²) in [7, 11) is 3.56. The van der Waals surface area contributed by atoms with Crippen LogP contribution in [0.25, 0.3) is 11.0 Å². The summed E-state index contributed by atoms with van der Waals surface area (Å²) >= 11 is 0. The summed E-state index contributed by atoms with van der Waals surface area (Å²) in [6.45, 7) is 4.21. The van der Waals surface area contributed by atoms with E-state index in [9.17, 15) is 10.1 Å². The molecule has 0 aliphatic heterocycles. The first-order valence-corrected chi connectivity index (χ1v) is 7.82. The Labute approximate surface area is 139 Å². The van der Waals surface area contributed by atoms with Gasteiger partial charge in [-0.2, -0.15) is 5.10 Å². The molecule has 2 heterocycles. The number of nitro groups is 1. The van der Waals surface area contributed by atoms with Crippen molar-refractivity contribution in [2.45, 2.75) is 26.8 Å². The van der Waals surface area contributed by atoms with Gasteiger partial charge in [-0.1, -0.05) is 25.1 Å². The first-order chi connectivity index (χ1) is 11.4. The highest BCUT2D eigenvalue weighted by Gasteiger charge is 2.27. The van der Waals surface area contributed by atoms with Crippen molar-refractivity contribution in [1.29, 1.82) is 0 Å². The lowest BCUT2D eigenvalue weighted by atomic mass is 10.1. The van der Waals surface area contributed by atoms with Crippen molar-refractivity contribution in [1.82, 2.24) is 9.78 Å². The lowest BCUT2D eigenvalue weighted by Gasteiger charge is -2.18. The van der Waals surface area contributed by atoms with Gasteiger partial charge >= 0.3 is 5.69 Å². The summed E-state index contributed by atoms with van der Waals surface area (Å²) in [5.74, 6) is 1.40. The average molecular weight is 328 g/mol. The number of aromatic nitrogens is 2. The maximum Gasteiger partial charge on any atom is 0.333 e. The van der Waals surface area contributed by atoms with Crippen molar-refractivity contribution in [3.8, 4) is 0 Å². The van der Waals surface area contributed by atoms with Crippen LogP contribution in [0.4, 0.5) is 11.5 Å². The summed E-state index contributed by atoms with van der Waals surface area (Å²) in [6, 6.07) is 7.87. The molecule has 0 aliphatic carbocycles. The maximum atomic E-state index is 11.4. The Balaban J connectivity index is 2.05. The van der Waals surface area contributed by atoms with Crippen LogP contribution < -0.4 is 4.90 Å². The quantitative estimate of drug-likeness (QED) is 0.528. The Bertz CT molecular complexity index is 910. The molecule has 0 saturated heterocycles. The smallest absolute Gasteiger partial charge is 0.333 e. The number of hydrogen-bond acceptors (Lipinski definition) is 5. The molecule has 0 spiro atoms. The number of para-hydroxylation sites is 1. The van der Waals surface area contributed by atoms with Crippen molar-refractivity contribution >= 4 is 22.5 Å². The molecule has 0 bridgehead atoms. The number of aryl methyl sites for hydroxylation is 3. The van der Waals surface area contributed by atoms with Crippen LogP contribution >= 0.6 is 0 Å². The molecular weight excluding hydrogens is 308 g/mol. The fourth-order valence-corrected chi connectivity index (χ4v) is 3.20. The van der Waals surface area contributed by atoms with E-state index in [1.54, 1.807) is 18.7 Å². The topological polar surface area (TPSA) is 77.3 Å². The third-order valence-corrected chi connectivity index (χ3v) is 4.20. The van der Waals surface area contributed by atoms with E-state index in [2.05, 4.69) is 5.10 Å². The van der Waals surface area contributed by atoms with E-state index in [1.165, 1.54) is 0 Å². The number of anilines is 1. The van der Waals surface area contributed by atoms with Crippen LogP contribution in [-0.2, 0) is 20.0 Å². The van der Waals surface area contributed by atoms with Gasteiger partial charge in [-0.25, -0.2) is 4.68 Å². The Hall–Kier alpha value is -2.83. The molecule has 0 saturated carbocycles. The summed E-state index contributed by atoms with van der Waals surface area (Å²) in [4.78, 5) is 12.9. The summed E-state index contributed by atoms with van der Waals surface area (Å²) < 4.78 is 7.47. The minimum Gasteiger partial charge on any atom is -0.461 e. The monoisotopic (exact) mass is 328 g/mol. The van der Waals surface area contributed by atoms with Crippen LogP contribution in [0.15, 0.2) is 28.7 Å². The lowest BCUT2D eigenvalue weighted by molar-refractivity contribution is -0.384. The van der Waals surface area contributed by atoms with Crippen LogP contribution in [0.2, 0.25) is 0 Å². The van der Waals surface area contributed by atoms with Crippen molar-refractivity contribution in [3.05, 3.63) is 51.4 Å². The Morgan fingerprint density at radius 2 is 2.08 bits per heavy atom. The number of rotatable bonds is 5. The number of hydrogen-bond donors (Lipinski definition) is 0. The molecule has 3 aromatic rings. The fourth-order valence-electron chi connectivity index (χ4n) is 3.20. The molecular formula is C17H20N4O3. The molecule has 0 amide bonds. The molecule has 0 fully saturated rings. The van der Waals surface area contributed by atoms with Gasteiger partial charge in [-0.3, -0.25) is 10.1 Å². The van der Waals surface area contributed by atoms with Gasteiger partial charge in [0.1, 0.15) is 17.0 Å². The Morgan fingerprint density at radius 1 is 1.38 bits per heavy atom. The zero-order valence-electron chi connectivity index (χ0n) is 14.2. The maximum absolute atomic E-state index is 11.4. The average Bonchev–Trinajstić information content (AvgIpc) is 3.04. The molecule has 2 aromatic heterocycles. The van der Waals surface area contributed by atoms with Gasteiger partial charge in [-0.05, 0) is 13.0 Å². The minimum absolute atomic E-state index is 0.0471. The van der Waals surface area contributed by atoms with Crippen molar-refractivity contribution < 1.29 is 9.34 Å². The molecule has 7 nitrogen and oxygen atoms in total. The van der Waals surface area contributed by atoms with Crippen molar-refractivity contribution in [3.63, 3.8) is 0 Å². The van der Waals surface area contributed by atoms with Crippen LogP contribution in [0.5, 0.6) is 0 Å². The summed E-state index contributed by atoms with van der Waals surface area (Å²) in [5.41, 5.74) is 2.36. The predicted molar refractivity (Wildman–Crippen MR) is 92.3 cm³/mol. The zero-order chi connectivity index (χ0) is 17.4. The Morgan fingerprint density at radius 3 is 2.75 bits per heavy atom. The van der Waals surface area contributed by atoms with Gasteiger partial charge in [0.15, 0.2) is 0 Å². The minimum atomic E-state index is -0.373. The van der Waals surface area contributed by atoms with E-state index in [0.29, 0.717) is 18.1 Å². The highest BCUT2D eigenvalue weighted by Crippen LogP contribution is 2.33. The number of furan rings is 1. The highest BCUT2D eigenvalue weighted by molar-refractivity contribution is 5.82. The van der Waals surface area contributed by atoms with Crippen LogP contribution in [-0.4, -0.2) is 21.8 Å². The zero-order valence-corrected chi connectivity index (χ0v) is 14.2.